The highest BCUT2D eigenvalue weighted by Crippen LogP contribution is 2.29. The van der Waals surface area contributed by atoms with Gasteiger partial charge in [0.15, 0.2) is 5.11 Å². The molecule has 2 aromatic rings. The number of aryl methyl sites for hydroxylation is 1. The molecule has 1 amide bonds. The smallest absolute Gasteiger partial charge is 0.269 e. The Morgan fingerprint density at radius 2 is 1.74 bits per heavy atom. The number of nitro benzene ring substituents is 1. The number of nitrogens with one attached hydrogen (secondary N) is 3. The van der Waals surface area contributed by atoms with Crippen LogP contribution in [0, 0.1) is 17.0 Å². The van der Waals surface area contributed by atoms with Gasteiger partial charge in [-0.2, -0.15) is 0 Å². The van der Waals surface area contributed by atoms with Gasteiger partial charge in [-0.25, -0.2) is 0 Å². The Bertz CT molecular complexity index is 936. The molecule has 0 fully saturated rings. The molecule has 1 aliphatic heterocycles. The molecule has 0 aromatic heterocycles. The monoisotopic (exact) mass is 382 g/mol. The predicted molar refractivity (Wildman–Crippen MR) is 107 cm³/mol. The molecule has 27 heavy (non-hydrogen) atoms. The number of anilines is 1. The van der Waals surface area contributed by atoms with Crippen LogP contribution < -0.4 is 16.0 Å². The Kier molecular flexibility index (Phi) is 5.18. The molecule has 1 aliphatic rings. The number of amides is 1. The molecular weight excluding hydrogens is 364 g/mol. The highest BCUT2D eigenvalue weighted by molar-refractivity contribution is 7.80. The lowest BCUT2D eigenvalue weighted by molar-refractivity contribution is -0.384. The quantitative estimate of drug-likeness (QED) is 0.426. The van der Waals surface area contributed by atoms with Crippen molar-refractivity contribution < 1.29 is 9.72 Å². The number of benzene rings is 2. The number of hydrogen-bond donors (Lipinski definition) is 3. The van der Waals surface area contributed by atoms with Gasteiger partial charge in [-0.1, -0.05) is 17.7 Å². The van der Waals surface area contributed by atoms with Crippen LogP contribution in [0.4, 0.5) is 11.4 Å². The SMILES string of the molecule is CC1=C(C(=O)Nc2ccc(C)cc2)C(c2ccc([N+](=O)[O-])cc2)NC(=S)N1. The maximum atomic E-state index is 12.9. The van der Waals surface area contributed by atoms with Crippen molar-refractivity contribution in [2.75, 3.05) is 5.32 Å². The zero-order valence-electron chi connectivity index (χ0n) is 14.8. The first-order valence-electron chi connectivity index (χ1n) is 8.26. The first-order valence-corrected chi connectivity index (χ1v) is 8.66. The standard InChI is InChI=1S/C19H18N4O3S/c1-11-3-7-14(8-4-11)21-18(24)16-12(2)20-19(27)22-17(16)13-5-9-15(10-6-13)23(25)26/h3-10,17H,1-2H3,(H,21,24)(H2,20,22,27). The summed E-state index contributed by atoms with van der Waals surface area (Å²) in [7, 11) is 0. The lowest BCUT2D eigenvalue weighted by Crippen LogP contribution is -2.45. The number of hydrogen-bond acceptors (Lipinski definition) is 4. The molecule has 0 saturated carbocycles. The van der Waals surface area contributed by atoms with Crippen molar-refractivity contribution in [3.8, 4) is 0 Å². The molecule has 3 rings (SSSR count). The van der Waals surface area contributed by atoms with E-state index in [1.165, 1.54) is 12.1 Å². The number of rotatable bonds is 4. The molecule has 0 radical (unpaired) electrons. The molecule has 1 unspecified atom stereocenters. The number of nitrogens with zero attached hydrogens (tertiary/aromatic N) is 1. The molecule has 0 aliphatic carbocycles. The summed E-state index contributed by atoms with van der Waals surface area (Å²) in [5, 5.41) is 20.2. The summed E-state index contributed by atoms with van der Waals surface area (Å²) in [5.41, 5.74) is 3.57. The van der Waals surface area contributed by atoms with Crippen LogP contribution in [0.25, 0.3) is 0 Å². The molecule has 1 heterocycles. The third kappa shape index (κ3) is 4.12. The lowest BCUT2D eigenvalue weighted by atomic mass is 9.94. The van der Waals surface area contributed by atoms with E-state index in [9.17, 15) is 14.9 Å². The second kappa shape index (κ2) is 7.55. The molecule has 0 saturated heterocycles. The van der Waals surface area contributed by atoms with Gasteiger partial charge in [0.2, 0.25) is 0 Å². The third-order valence-corrected chi connectivity index (χ3v) is 4.48. The molecule has 3 N–H and O–H groups in total. The Morgan fingerprint density at radius 3 is 2.33 bits per heavy atom. The van der Waals surface area contributed by atoms with Gasteiger partial charge in [0, 0.05) is 23.5 Å². The van der Waals surface area contributed by atoms with Crippen LogP contribution in [0.2, 0.25) is 0 Å². The summed E-state index contributed by atoms with van der Waals surface area (Å²) in [6.07, 6.45) is 0. The van der Waals surface area contributed by atoms with E-state index in [1.54, 1.807) is 19.1 Å². The number of nitro groups is 1. The Balaban J connectivity index is 1.92. The van der Waals surface area contributed by atoms with E-state index in [1.807, 2.05) is 31.2 Å². The summed E-state index contributed by atoms with van der Waals surface area (Å²) in [5.74, 6) is -0.276. The molecule has 7 nitrogen and oxygen atoms in total. The van der Waals surface area contributed by atoms with Gasteiger partial charge in [-0.15, -0.1) is 0 Å². The molecule has 0 spiro atoms. The highest BCUT2D eigenvalue weighted by Gasteiger charge is 2.30. The molecule has 138 valence electrons. The topological polar surface area (TPSA) is 96.3 Å². The molecule has 0 bridgehead atoms. The maximum Gasteiger partial charge on any atom is 0.269 e. The van der Waals surface area contributed by atoms with Crippen molar-refractivity contribution in [1.82, 2.24) is 10.6 Å². The van der Waals surface area contributed by atoms with Gasteiger partial charge < -0.3 is 16.0 Å². The van der Waals surface area contributed by atoms with Gasteiger partial charge in [-0.3, -0.25) is 14.9 Å². The average molecular weight is 382 g/mol. The zero-order chi connectivity index (χ0) is 19.6. The van der Waals surface area contributed by atoms with Crippen molar-refractivity contribution in [3.63, 3.8) is 0 Å². The van der Waals surface area contributed by atoms with E-state index >= 15 is 0 Å². The van der Waals surface area contributed by atoms with E-state index in [-0.39, 0.29) is 11.6 Å². The van der Waals surface area contributed by atoms with Crippen LogP contribution in [-0.4, -0.2) is 15.9 Å². The minimum absolute atomic E-state index is 0.0124. The van der Waals surface area contributed by atoms with E-state index in [0.717, 1.165) is 5.56 Å². The van der Waals surface area contributed by atoms with Crippen molar-refractivity contribution in [3.05, 3.63) is 81.0 Å². The fraction of sp³-hybridized carbons (Fsp3) is 0.158. The van der Waals surface area contributed by atoms with Crippen LogP contribution >= 0.6 is 12.2 Å². The minimum Gasteiger partial charge on any atom is -0.351 e. The van der Waals surface area contributed by atoms with Crippen molar-refractivity contribution in [2.24, 2.45) is 0 Å². The highest BCUT2D eigenvalue weighted by atomic mass is 32.1. The first kappa shape index (κ1) is 18.5. The van der Waals surface area contributed by atoms with Crippen molar-refractivity contribution in [1.29, 1.82) is 0 Å². The number of thiocarbonyl (C=S) groups is 1. The van der Waals surface area contributed by atoms with Crippen LogP contribution in [-0.2, 0) is 4.79 Å². The first-order chi connectivity index (χ1) is 12.8. The van der Waals surface area contributed by atoms with E-state index in [0.29, 0.717) is 27.6 Å². The van der Waals surface area contributed by atoms with Gasteiger partial charge in [0.25, 0.3) is 11.6 Å². The molecule has 2 aromatic carbocycles. The zero-order valence-corrected chi connectivity index (χ0v) is 15.6. The molecule has 8 heteroatoms. The average Bonchev–Trinajstić information content (AvgIpc) is 2.63. The third-order valence-electron chi connectivity index (χ3n) is 4.26. The fourth-order valence-electron chi connectivity index (χ4n) is 2.87. The Labute approximate surface area is 161 Å². The van der Waals surface area contributed by atoms with Gasteiger partial charge in [0.05, 0.1) is 16.5 Å². The number of carbonyl (C=O) groups is 1. The van der Waals surface area contributed by atoms with Crippen LogP contribution in [0.1, 0.15) is 24.1 Å². The van der Waals surface area contributed by atoms with Gasteiger partial charge in [-0.05, 0) is 55.9 Å². The predicted octanol–water partition coefficient (Wildman–Crippen LogP) is 3.33. The van der Waals surface area contributed by atoms with Crippen LogP contribution in [0.15, 0.2) is 59.8 Å². The maximum absolute atomic E-state index is 12.9. The lowest BCUT2D eigenvalue weighted by Gasteiger charge is -2.30. The normalized spacial score (nSPS) is 16.4. The number of allylic oxidation sites excluding steroid dienone is 1. The molecular formula is C19H18N4O3S. The van der Waals surface area contributed by atoms with E-state index in [2.05, 4.69) is 16.0 Å². The Morgan fingerprint density at radius 1 is 1.11 bits per heavy atom. The summed E-state index contributed by atoms with van der Waals surface area (Å²) in [4.78, 5) is 23.3. The Hall–Kier alpha value is -3.26. The van der Waals surface area contributed by atoms with Gasteiger partial charge >= 0.3 is 0 Å². The summed E-state index contributed by atoms with van der Waals surface area (Å²) >= 11 is 5.21. The molecule has 1 atom stereocenters. The summed E-state index contributed by atoms with van der Waals surface area (Å²) in [6, 6.07) is 13.0. The summed E-state index contributed by atoms with van der Waals surface area (Å²) < 4.78 is 0. The van der Waals surface area contributed by atoms with E-state index < -0.39 is 11.0 Å². The largest absolute Gasteiger partial charge is 0.351 e. The van der Waals surface area contributed by atoms with Crippen molar-refractivity contribution in [2.45, 2.75) is 19.9 Å². The fourth-order valence-corrected chi connectivity index (χ4v) is 3.14. The second-order valence-corrected chi connectivity index (χ2v) is 6.65. The van der Waals surface area contributed by atoms with Crippen molar-refractivity contribution >= 4 is 34.6 Å². The minimum atomic E-state index is -0.509. The van der Waals surface area contributed by atoms with Crippen LogP contribution in [0.5, 0.6) is 0 Å². The van der Waals surface area contributed by atoms with Crippen LogP contribution in [0.3, 0.4) is 0 Å². The van der Waals surface area contributed by atoms with E-state index in [4.69, 9.17) is 12.2 Å². The second-order valence-electron chi connectivity index (χ2n) is 6.24. The number of non-ortho nitro benzene ring substituents is 1. The number of carbonyl (C=O) groups excluding carboxylic acids is 1. The van der Waals surface area contributed by atoms with Gasteiger partial charge in [0.1, 0.15) is 0 Å². The summed E-state index contributed by atoms with van der Waals surface area (Å²) in [6.45, 7) is 3.74.